The first-order valence-electron chi connectivity index (χ1n) is 9.10. The highest BCUT2D eigenvalue weighted by Crippen LogP contribution is 2.26. The molecule has 1 atom stereocenters. The summed E-state index contributed by atoms with van der Waals surface area (Å²) < 4.78 is 28.6. The third-order valence-corrected chi connectivity index (χ3v) is 6.74. The summed E-state index contributed by atoms with van der Waals surface area (Å²) in [5, 5.41) is 0. The first kappa shape index (κ1) is 20.1. The van der Waals surface area contributed by atoms with Crippen LogP contribution in [0.3, 0.4) is 0 Å². The fourth-order valence-electron chi connectivity index (χ4n) is 3.36. The van der Waals surface area contributed by atoms with Gasteiger partial charge in [-0.3, -0.25) is 9.59 Å². The number of benzene rings is 2. The van der Waals surface area contributed by atoms with Gasteiger partial charge in [-0.1, -0.05) is 60.7 Å². The van der Waals surface area contributed by atoms with Crippen molar-refractivity contribution in [1.82, 2.24) is 4.90 Å². The van der Waals surface area contributed by atoms with Crippen molar-refractivity contribution in [2.45, 2.75) is 18.4 Å². The highest BCUT2D eigenvalue weighted by Gasteiger charge is 2.33. The van der Waals surface area contributed by atoms with E-state index in [4.69, 9.17) is 4.74 Å². The lowest BCUT2D eigenvalue weighted by atomic mass is 9.91. The van der Waals surface area contributed by atoms with Crippen molar-refractivity contribution in [2.75, 3.05) is 25.2 Å². The van der Waals surface area contributed by atoms with Crippen molar-refractivity contribution in [3.05, 3.63) is 71.8 Å². The SMILES string of the molecule is CN(C(=O)COC(=O)C(c1ccccc1)c1ccccc1)C1CCS(=O)(=O)C1. The Bertz CT molecular complexity index is 888. The smallest absolute Gasteiger partial charge is 0.318 e. The lowest BCUT2D eigenvalue weighted by Crippen LogP contribution is -2.40. The summed E-state index contributed by atoms with van der Waals surface area (Å²) in [4.78, 5) is 26.6. The number of likely N-dealkylation sites (N-methyl/N-ethyl adjacent to an activating group) is 1. The first-order chi connectivity index (χ1) is 13.4. The Morgan fingerprint density at radius 1 is 1.04 bits per heavy atom. The normalized spacial score (nSPS) is 18.0. The predicted octanol–water partition coefficient (Wildman–Crippen LogP) is 2.01. The molecule has 148 valence electrons. The van der Waals surface area contributed by atoms with Crippen LogP contribution in [0.5, 0.6) is 0 Å². The lowest BCUT2D eigenvalue weighted by Gasteiger charge is -2.24. The summed E-state index contributed by atoms with van der Waals surface area (Å²) in [6, 6.07) is 18.1. The molecule has 1 saturated heterocycles. The predicted molar refractivity (Wildman–Crippen MR) is 106 cm³/mol. The van der Waals surface area contributed by atoms with Crippen molar-refractivity contribution >= 4 is 21.7 Å². The van der Waals surface area contributed by atoms with E-state index in [1.165, 1.54) is 4.90 Å². The number of rotatable bonds is 6. The second-order valence-electron chi connectivity index (χ2n) is 6.92. The van der Waals surface area contributed by atoms with Gasteiger partial charge in [0.2, 0.25) is 0 Å². The maximum Gasteiger partial charge on any atom is 0.318 e. The van der Waals surface area contributed by atoms with Gasteiger partial charge < -0.3 is 9.64 Å². The summed E-state index contributed by atoms with van der Waals surface area (Å²) in [5.41, 5.74) is 1.56. The molecule has 1 heterocycles. The molecule has 0 bridgehead atoms. The van der Waals surface area contributed by atoms with E-state index >= 15 is 0 Å². The van der Waals surface area contributed by atoms with Crippen molar-refractivity contribution < 1.29 is 22.7 Å². The number of sulfone groups is 1. The van der Waals surface area contributed by atoms with Crippen LogP contribution in [-0.2, 0) is 24.2 Å². The molecule has 0 N–H and O–H groups in total. The molecule has 0 spiro atoms. The summed E-state index contributed by atoms with van der Waals surface area (Å²) >= 11 is 0. The molecule has 28 heavy (non-hydrogen) atoms. The molecule has 1 aliphatic rings. The largest absolute Gasteiger partial charge is 0.455 e. The molecule has 2 aromatic rings. The number of hydrogen-bond acceptors (Lipinski definition) is 5. The number of amides is 1. The fraction of sp³-hybridized carbons (Fsp3) is 0.333. The van der Waals surface area contributed by atoms with Crippen LogP contribution in [0, 0.1) is 0 Å². The molecular formula is C21H23NO5S. The zero-order valence-electron chi connectivity index (χ0n) is 15.7. The van der Waals surface area contributed by atoms with Gasteiger partial charge in [0.05, 0.1) is 11.5 Å². The summed E-state index contributed by atoms with van der Waals surface area (Å²) in [6.07, 6.45) is 0.412. The van der Waals surface area contributed by atoms with E-state index in [0.29, 0.717) is 6.42 Å². The minimum atomic E-state index is -3.09. The van der Waals surface area contributed by atoms with E-state index in [0.717, 1.165) is 11.1 Å². The Labute approximate surface area is 165 Å². The van der Waals surface area contributed by atoms with Gasteiger partial charge in [0.25, 0.3) is 5.91 Å². The molecule has 1 fully saturated rings. The Balaban J connectivity index is 1.68. The van der Waals surface area contributed by atoms with Gasteiger partial charge in [-0.15, -0.1) is 0 Å². The second kappa shape index (κ2) is 8.56. The average Bonchev–Trinajstić information content (AvgIpc) is 3.07. The molecule has 6 nitrogen and oxygen atoms in total. The molecule has 0 saturated carbocycles. The van der Waals surface area contributed by atoms with Crippen molar-refractivity contribution in [3.8, 4) is 0 Å². The monoisotopic (exact) mass is 401 g/mol. The second-order valence-corrected chi connectivity index (χ2v) is 9.15. The molecule has 1 aliphatic heterocycles. The van der Waals surface area contributed by atoms with Crippen molar-refractivity contribution in [1.29, 1.82) is 0 Å². The topological polar surface area (TPSA) is 80.8 Å². The van der Waals surface area contributed by atoms with Gasteiger partial charge in [-0.2, -0.15) is 0 Å². The standard InChI is InChI=1S/C21H23NO5S/c1-22(18-12-13-28(25,26)15-18)19(23)14-27-21(24)20(16-8-4-2-5-9-16)17-10-6-3-7-11-17/h2-11,18,20H,12-15H2,1H3. The Morgan fingerprint density at radius 2 is 1.57 bits per heavy atom. The molecule has 2 aromatic carbocycles. The van der Waals surface area contributed by atoms with E-state index in [1.54, 1.807) is 7.05 Å². The van der Waals surface area contributed by atoms with Crippen LogP contribution in [0.25, 0.3) is 0 Å². The van der Waals surface area contributed by atoms with Crippen LogP contribution in [0.15, 0.2) is 60.7 Å². The fourth-order valence-corrected chi connectivity index (χ4v) is 5.13. The number of carbonyl (C=O) groups excluding carboxylic acids is 2. The van der Waals surface area contributed by atoms with Gasteiger partial charge in [0.1, 0.15) is 5.92 Å². The molecule has 1 amide bonds. The summed E-state index contributed by atoms with van der Waals surface area (Å²) in [7, 11) is -1.54. The summed E-state index contributed by atoms with van der Waals surface area (Å²) in [5.74, 6) is -1.51. The Morgan fingerprint density at radius 3 is 2.04 bits per heavy atom. The van der Waals surface area contributed by atoms with Crippen LogP contribution in [-0.4, -0.2) is 56.4 Å². The van der Waals surface area contributed by atoms with Crippen LogP contribution in [0.4, 0.5) is 0 Å². The molecule has 1 unspecified atom stereocenters. The van der Waals surface area contributed by atoms with Crippen LogP contribution >= 0.6 is 0 Å². The molecule has 0 aromatic heterocycles. The van der Waals surface area contributed by atoms with Crippen molar-refractivity contribution in [2.24, 2.45) is 0 Å². The molecule has 0 radical (unpaired) electrons. The van der Waals surface area contributed by atoms with Crippen molar-refractivity contribution in [3.63, 3.8) is 0 Å². The summed E-state index contributed by atoms with van der Waals surface area (Å²) in [6.45, 7) is -0.415. The minimum absolute atomic E-state index is 0.0418. The number of esters is 1. The van der Waals surface area contributed by atoms with E-state index in [-0.39, 0.29) is 17.5 Å². The maximum atomic E-state index is 12.8. The zero-order chi connectivity index (χ0) is 20.1. The van der Waals surface area contributed by atoms with E-state index in [9.17, 15) is 18.0 Å². The third-order valence-electron chi connectivity index (χ3n) is 4.99. The van der Waals surface area contributed by atoms with Gasteiger partial charge in [0.15, 0.2) is 16.4 Å². The van der Waals surface area contributed by atoms with Crippen LogP contribution in [0.2, 0.25) is 0 Å². The maximum absolute atomic E-state index is 12.8. The first-order valence-corrected chi connectivity index (χ1v) is 10.9. The van der Waals surface area contributed by atoms with Gasteiger partial charge in [-0.05, 0) is 17.5 Å². The highest BCUT2D eigenvalue weighted by molar-refractivity contribution is 7.91. The third kappa shape index (κ3) is 4.78. The molecular weight excluding hydrogens is 378 g/mol. The van der Waals surface area contributed by atoms with Crippen LogP contribution < -0.4 is 0 Å². The van der Waals surface area contributed by atoms with E-state index in [1.807, 2.05) is 60.7 Å². The molecule has 3 rings (SSSR count). The Kier molecular flexibility index (Phi) is 6.14. The van der Waals surface area contributed by atoms with Crippen LogP contribution in [0.1, 0.15) is 23.5 Å². The molecule has 7 heteroatoms. The van der Waals surface area contributed by atoms with Gasteiger partial charge in [-0.25, -0.2) is 8.42 Å². The minimum Gasteiger partial charge on any atom is -0.455 e. The quantitative estimate of drug-likeness (QED) is 0.692. The molecule has 0 aliphatic carbocycles. The highest BCUT2D eigenvalue weighted by atomic mass is 32.2. The zero-order valence-corrected chi connectivity index (χ0v) is 16.5. The van der Waals surface area contributed by atoms with E-state index < -0.39 is 34.2 Å². The number of hydrogen-bond donors (Lipinski definition) is 0. The van der Waals surface area contributed by atoms with E-state index in [2.05, 4.69) is 0 Å². The number of carbonyl (C=O) groups is 2. The van der Waals surface area contributed by atoms with Gasteiger partial charge >= 0.3 is 5.97 Å². The average molecular weight is 401 g/mol. The number of ether oxygens (including phenoxy) is 1. The lowest BCUT2D eigenvalue weighted by molar-refractivity contribution is -0.152. The number of nitrogens with zero attached hydrogens (tertiary/aromatic N) is 1. The van der Waals surface area contributed by atoms with Gasteiger partial charge in [0, 0.05) is 13.1 Å². The Hall–Kier alpha value is -2.67.